The number of hydrogen-bond donors (Lipinski definition) is 2. The van der Waals surface area contributed by atoms with Crippen LogP contribution in [0.2, 0.25) is 0 Å². The molecule has 9 heteroatoms. The summed E-state index contributed by atoms with van der Waals surface area (Å²) in [6, 6.07) is 11.3. The first-order valence-corrected chi connectivity index (χ1v) is 9.82. The van der Waals surface area contributed by atoms with Gasteiger partial charge in [0.25, 0.3) is 0 Å². The zero-order chi connectivity index (χ0) is 20.1. The minimum atomic E-state index is -0.174. The van der Waals surface area contributed by atoms with Crippen LogP contribution in [0.15, 0.2) is 42.6 Å². The van der Waals surface area contributed by atoms with E-state index in [9.17, 15) is 4.79 Å². The van der Waals surface area contributed by atoms with Crippen LogP contribution in [0.4, 0.5) is 10.6 Å². The molecule has 29 heavy (non-hydrogen) atoms. The molecule has 1 unspecified atom stereocenters. The molecule has 2 amide bonds. The maximum absolute atomic E-state index is 12.8. The molecule has 152 valence electrons. The van der Waals surface area contributed by atoms with Gasteiger partial charge in [0.1, 0.15) is 5.82 Å². The summed E-state index contributed by atoms with van der Waals surface area (Å²) >= 11 is 0. The summed E-state index contributed by atoms with van der Waals surface area (Å²) in [5.41, 5.74) is 0.947. The van der Waals surface area contributed by atoms with Crippen LogP contribution in [-0.4, -0.2) is 56.2 Å². The Kier molecular flexibility index (Phi) is 5.85. The lowest BCUT2D eigenvalue weighted by Crippen LogP contribution is -2.35. The highest BCUT2D eigenvalue weighted by atomic mass is 16.5. The molecular formula is C20H25N7O2. The summed E-state index contributed by atoms with van der Waals surface area (Å²) in [5.74, 6) is 1.89. The van der Waals surface area contributed by atoms with Crippen LogP contribution in [0.3, 0.4) is 0 Å². The molecule has 2 aromatic heterocycles. The molecule has 1 aliphatic rings. The number of anilines is 1. The first kappa shape index (κ1) is 19.1. The van der Waals surface area contributed by atoms with Crippen molar-refractivity contribution in [2.24, 2.45) is 0 Å². The van der Waals surface area contributed by atoms with Gasteiger partial charge in [-0.25, -0.2) is 9.78 Å². The van der Waals surface area contributed by atoms with Crippen LogP contribution >= 0.6 is 0 Å². The zero-order valence-electron chi connectivity index (χ0n) is 16.4. The van der Waals surface area contributed by atoms with Gasteiger partial charge in [-0.05, 0) is 19.3 Å². The van der Waals surface area contributed by atoms with Crippen molar-refractivity contribution in [2.45, 2.75) is 31.8 Å². The van der Waals surface area contributed by atoms with Crippen molar-refractivity contribution >= 4 is 11.8 Å². The number of aryl methyl sites for hydroxylation is 1. The number of nitrogens with zero attached hydrogens (tertiary/aromatic N) is 5. The molecule has 1 saturated heterocycles. The molecule has 3 aromatic rings. The molecule has 4 rings (SSSR count). The molecular weight excluding hydrogens is 370 g/mol. The van der Waals surface area contributed by atoms with E-state index in [2.05, 4.69) is 25.6 Å². The van der Waals surface area contributed by atoms with Crippen molar-refractivity contribution in [3.63, 3.8) is 0 Å². The van der Waals surface area contributed by atoms with E-state index >= 15 is 0 Å². The number of likely N-dealkylation sites (tertiary alicyclic amines) is 1. The van der Waals surface area contributed by atoms with Crippen molar-refractivity contribution in [1.82, 2.24) is 29.9 Å². The van der Waals surface area contributed by atoms with Crippen molar-refractivity contribution < 1.29 is 9.53 Å². The Labute approximate surface area is 169 Å². The fourth-order valence-corrected chi connectivity index (χ4v) is 3.54. The summed E-state index contributed by atoms with van der Waals surface area (Å²) in [4.78, 5) is 19.2. The van der Waals surface area contributed by atoms with Crippen molar-refractivity contribution in [1.29, 1.82) is 0 Å². The predicted molar refractivity (Wildman–Crippen MR) is 108 cm³/mol. The van der Waals surface area contributed by atoms with E-state index in [4.69, 9.17) is 4.74 Å². The molecule has 0 spiro atoms. The molecule has 0 radical (unpaired) electrons. The lowest BCUT2D eigenvalue weighted by atomic mass is 10.2. The van der Waals surface area contributed by atoms with Crippen LogP contribution in [0, 0.1) is 0 Å². The number of benzene rings is 1. The zero-order valence-corrected chi connectivity index (χ0v) is 16.4. The van der Waals surface area contributed by atoms with Gasteiger partial charge in [0.15, 0.2) is 11.6 Å². The van der Waals surface area contributed by atoms with Crippen LogP contribution in [0.25, 0.3) is 11.4 Å². The molecule has 1 aromatic carbocycles. The Balaban J connectivity index is 1.41. The Morgan fingerprint density at radius 1 is 1.31 bits per heavy atom. The van der Waals surface area contributed by atoms with Gasteiger partial charge >= 0.3 is 6.03 Å². The third kappa shape index (κ3) is 4.45. The molecule has 0 aliphatic carbocycles. The molecule has 9 nitrogen and oxygen atoms in total. The lowest BCUT2D eigenvalue weighted by Gasteiger charge is -2.22. The van der Waals surface area contributed by atoms with Gasteiger partial charge < -0.3 is 9.64 Å². The van der Waals surface area contributed by atoms with Crippen LogP contribution in [-0.2, 0) is 11.3 Å². The molecule has 1 aliphatic heterocycles. The number of amides is 2. The molecule has 3 heterocycles. The number of aromatic nitrogens is 5. The summed E-state index contributed by atoms with van der Waals surface area (Å²) in [5, 5.41) is 14.6. The minimum Gasteiger partial charge on any atom is -0.385 e. The van der Waals surface area contributed by atoms with E-state index in [1.165, 1.54) is 0 Å². The van der Waals surface area contributed by atoms with Gasteiger partial charge in [0.05, 0.1) is 6.04 Å². The highest BCUT2D eigenvalue weighted by Gasteiger charge is 2.32. The molecule has 1 atom stereocenters. The number of carbonyl (C=O) groups excluding carboxylic acids is 1. The van der Waals surface area contributed by atoms with Gasteiger partial charge in [-0.3, -0.25) is 15.1 Å². The number of methoxy groups -OCH3 is 1. The van der Waals surface area contributed by atoms with E-state index in [1.807, 2.05) is 36.5 Å². The number of H-pyrrole nitrogens is 1. The Bertz CT molecular complexity index is 937. The second-order valence-electron chi connectivity index (χ2n) is 7.00. The predicted octanol–water partition coefficient (Wildman–Crippen LogP) is 3.07. The summed E-state index contributed by atoms with van der Waals surface area (Å²) in [6.45, 7) is 2.10. The number of carbonyl (C=O) groups is 1. The average molecular weight is 395 g/mol. The normalized spacial score (nSPS) is 16.3. The van der Waals surface area contributed by atoms with Gasteiger partial charge in [0, 0.05) is 44.6 Å². The molecule has 0 saturated carbocycles. The van der Waals surface area contributed by atoms with Crippen LogP contribution < -0.4 is 5.32 Å². The number of hydrogen-bond acceptors (Lipinski definition) is 5. The topological polar surface area (TPSA) is 101 Å². The first-order chi connectivity index (χ1) is 14.2. The summed E-state index contributed by atoms with van der Waals surface area (Å²) in [6.07, 6.45) is 4.50. The van der Waals surface area contributed by atoms with E-state index in [1.54, 1.807) is 22.8 Å². The second kappa shape index (κ2) is 8.87. The SMILES string of the molecule is COCCCn1ccc(NC(=O)N2CCCC2c2nc(-c3ccccc3)n[nH]2)n1. The van der Waals surface area contributed by atoms with E-state index < -0.39 is 0 Å². The molecule has 1 fully saturated rings. The van der Waals surface area contributed by atoms with Gasteiger partial charge in [-0.15, -0.1) is 0 Å². The summed E-state index contributed by atoms with van der Waals surface area (Å²) in [7, 11) is 1.68. The standard InChI is InChI=1S/C20H25N7O2/c1-29-14-6-11-26-13-10-17(25-26)21-20(28)27-12-5-9-16(27)19-22-18(23-24-19)15-7-3-2-4-8-15/h2-4,7-8,10,13,16H,5-6,9,11-12,14H2,1H3,(H,21,25,28)(H,22,23,24). The van der Waals surface area contributed by atoms with E-state index in [0.717, 1.165) is 31.4 Å². The largest absolute Gasteiger partial charge is 0.385 e. The third-order valence-corrected chi connectivity index (χ3v) is 4.98. The minimum absolute atomic E-state index is 0.122. The van der Waals surface area contributed by atoms with Crippen LogP contribution in [0.5, 0.6) is 0 Å². The molecule has 0 bridgehead atoms. The fourth-order valence-electron chi connectivity index (χ4n) is 3.54. The number of nitrogens with one attached hydrogen (secondary N) is 2. The monoisotopic (exact) mass is 395 g/mol. The first-order valence-electron chi connectivity index (χ1n) is 9.82. The number of urea groups is 1. The lowest BCUT2D eigenvalue weighted by molar-refractivity contribution is 0.189. The van der Waals surface area contributed by atoms with Crippen molar-refractivity contribution in [2.75, 3.05) is 25.6 Å². The number of ether oxygens (including phenoxy) is 1. The maximum Gasteiger partial charge on any atom is 0.323 e. The van der Waals surface area contributed by atoms with Crippen molar-refractivity contribution in [3.05, 3.63) is 48.4 Å². The third-order valence-electron chi connectivity index (χ3n) is 4.98. The number of aromatic amines is 1. The highest BCUT2D eigenvalue weighted by molar-refractivity contribution is 5.88. The smallest absolute Gasteiger partial charge is 0.323 e. The van der Waals surface area contributed by atoms with Crippen molar-refractivity contribution in [3.8, 4) is 11.4 Å². The molecule has 2 N–H and O–H groups in total. The van der Waals surface area contributed by atoms with Crippen LogP contribution in [0.1, 0.15) is 31.1 Å². The van der Waals surface area contributed by atoms with E-state index in [-0.39, 0.29) is 12.1 Å². The number of rotatable bonds is 7. The highest BCUT2D eigenvalue weighted by Crippen LogP contribution is 2.31. The summed E-state index contributed by atoms with van der Waals surface area (Å²) < 4.78 is 6.86. The Morgan fingerprint density at radius 2 is 2.17 bits per heavy atom. The van der Waals surface area contributed by atoms with E-state index in [0.29, 0.717) is 30.6 Å². The average Bonchev–Trinajstić information content (AvgIpc) is 3.49. The van der Waals surface area contributed by atoms with Gasteiger partial charge in [0.2, 0.25) is 0 Å². The Hall–Kier alpha value is -3.20. The fraction of sp³-hybridized carbons (Fsp3) is 0.400. The second-order valence-corrected chi connectivity index (χ2v) is 7.00. The van der Waals surface area contributed by atoms with Gasteiger partial charge in [-0.2, -0.15) is 10.2 Å². The Morgan fingerprint density at radius 3 is 3.00 bits per heavy atom. The van der Waals surface area contributed by atoms with Gasteiger partial charge in [-0.1, -0.05) is 30.3 Å². The maximum atomic E-state index is 12.8. The quantitative estimate of drug-likeness (QED) is 0.599.